The number of hydrazone groups is 1. The van der Waals surface area contributed by atoms with E-state index >= 15 is 0 Å². The zero-order valence-corrected chi connectivity index (χ0v) is 20.8. The molecule has 0 bridgehead atoms. The van der Waals surface area contributed by atoms with Crippen LogP contribution in [-0.4, -0.2) is 48.4 Å². The maximum absolute atomic E-state index is 13.4. The lowest BCUT2D eigenvalue weighted by atomic mass is 10.2. The number of rotatable bonds is 10. The molecule has 0 saturated heterocycles. The number of nitrogens with zero attached hydrogens (tertiary/aromatic N) is 2. The maximum atomic E-state index is 13.4. The van der Waals surface area contributed by atoms with Gasteiger partial charge in [-0.1, -0.05) is 17.7 Å². The fourth-order valence-electron chi connectivity index (χ4n) is 3.15. The number of hydrogen-bond acceptors (Lipinski definition) is 7. The van der Waals surface area contributed by atoms with Crippen LogP contribution in [0.25, 0.3) is 0 Å². The third-order valence-corrected chi connectivity index (χ3v) is 6.92. The van der Waals surface area contributed by atoms with Crippen molar-refractivity contribution in [3.05, 3.63) is 77.3 Å². The molecule has 35 heavy (non-hydrogen) atoms. The standard InChI is InChI=1S/C24H24ClN3O6S/c1-32-20-11-13-21(14-12-20)35(30,31)28(19-9-7-18(25)8-10-19)16-23(29)27-26-15-17-5-4-6-22(33-2)24(17)34-3/h4-15H,16H2,1-3H3,(H,27,29)/b26-15-. The zero-order chi connectivity index (χ0) is 25.4. The molecule has 0 radical (unpaired) electrons. The molecular formula is C24H24ClN3O6S. The van der Waals surface area contributed by atoms with Crippen LogP contribution < -0.4 is 23.9 Å². The number of nitrogens with one attached hydrogen (secondary N) is 1. The summed E-state index contributed by atoms with van der Waals surface area (Å²) in [5, 5.41) is 4.37. The van der Waals surface area contributed by atoms with Crippen molar-refractivity contribution < 1.29 is 27.4 Å². The van der Waals surface area contributed by atoms with Gasteiger partial charge in [0.15, 0.2) is 11.5 Å². The van der Waals surface area contributed by atoms with E-state index in [4.69, 9.17) is 25.8 Å². The first kappa shape index (κ1) is 25.9. The van der Waals surface area contributed by atoms with Crippen LogP contribution >= 0.6 is 11.6 Å². The molecule has 0 heterocycles. The minimum absolute atomic E-state index is 0.00864. The first-order valence-electron chi connectivity index (χ1n) is 10.3. The van der Waals surface area contributed by atoms with Crippen LogP contribution in [0.1, 0.15) is 5.56 Å². The van der Waals surface area contributed by atoms with E-state index in [1.54, 1.807) is 30.3 Å². The molecule has 3 aromatic rings. The van der Waals surface area contributed by atoms with Crippen LogP contribution in [0.4, 0.5) is 5.69 Å². The summed E-state index contributed by atoms with van der Waals surface area (Å²) < 4.78 is 43.5. The van der Waals surface area contributed by atoms with Crippen molar-refractivity contribution in [2.24, 2.45) is 5.10 Å². The molecule has 0 aliphatic heterocycles. The first-order chi connectivity index (χ1) is 16.8. The lowest BCUT2D eigenvalue weighted by Gasteiger charge is -2.23. The van der Waals surface area contributed by atoms with E-state index in [2.05, 4.69) is 10.5 Å². The van der Waals surface area contributed by atoms with Gasteiger partial charge in [-0.05, 0) is 60.7 Å². The highest BCUT2D eigenvalue weighted by Gasteiger charge is 2.27. The fourth-order valence-corrected chi connectivity index (χ4v) is 4.70. The third kappa shape index (κ3) is 6.23. The molecule has 9 nitrogen and oxygen atoms in total. The van der Waals surface area contributed by atoms with Crippen LogP contribution in [0.15, 0.2) is 76.7 Å². The molecule has 11 heteroatoms. The van der Waals surface area contributed by atoms with Gasteiger partial charge < -0.3 is 14.2 Å². The highest BCUT2D eigenvalue weighted by atomic mass is 35.5. The Bertz CT molecular complexity index is 1300. The average Bonchev–Trinajstić information content (AvgIpc) is 2.87. The molecule has 0 fully saturated rings. The molecule has 3 aromatic carbocycles. The second-order valence-corrected chi connectivity index (χ2v) is 9.34. The third-order valence-electron chi connectivity index (χ3n) is 4.88. The Kier molecular flexibility index (Phi) is 8.56. The average molecular weight is 518 g/mol. The van der Waals surface area contributed by atoms with Crippen molar-refractivity contribution in [2.75, 3.05) is 32.2 Å². The SMILES string of the molecule is COc1ccc(S(=O)(=O)N(CC(=O)N/N=C\c2cccc(OC)c2OC)c2ccc(Cl)cc2)cc1. The molecule has 184 valence electrons. The number of para-hydroxylation sites is 1. The van der Waals surface area contributed by atoms with Gasteiger partial charge in [0, 0.05) is 10.6 Å². The monoisotopic (exact) mass is 517 g/mol. The molecular weight excluding hydrogens is 494 g/mol. The summed E-state index contributed by atoms with van der Waals surface area (Å²) in [5.41, 5.74) is 3.18. The van der Waals surface area contributed by atoms with E-state index in [9.17, 15) is 13.2 Å². The van der Waals surface area contributed by atoms with E-state index in [0.29, 0.717) is 27.8 Å². The quantitative estimate of drug-likeness (QED) is 0.324. The number of hydrogen-bond donors (Lipinski definition) is 1. The van der Waals surface area contributed by atoms with Gasteiger partial charge in [-0.15, -0.1) is 0 Å². The molecule has 0 atom stereocenters. The second-order valence-electron chi connectivity index (χ2n) is 7.04. The van der Waals surface area contributed by atoms with E-state index in [0.717, 1.165) is 4.31 Å². The molecule has 0 unspecified atom stereocenters. The molecule has 0 aromatic heterocycles. The second kappa shape index (κ2) is 11.6. The Morgan fingerprint density at radius 1 is 0.971 bits per heavy atom. The summed E-state index contributed by atoms with van der Waals surface area (Å²) >= 11 is 5.96. The number of carbonyl (C=O) groups is 1. The van der Waals surface area contributed by atoms with Crippen LogP contribution in [-0.2, 0) is 14.8 Å². The predicted molar refractivity (Wildman–Crippen MR) is 134 cm³/mol. The number of carbonyl (C=O) groups excluding carboxylic acids is 1. The van der Waals surface area contributed by atoms with Crippen molar-refractivity contribution in [2.45, 2.75) is 4.90 Å². The highest BCUT2D eigenvalue weighted by molar-refractivity contribution is 7.92. The maximum Gasteiger partial charge on any atom is 0.264 e. The molecule has 0 aliphatic carbocycles. The van der Waals surface area contributed by atoms with Gasteiger partial charge in [-0.3, -0.25) is 9.10 Å². The van der Waals surface area contributed by atoms with Crippen molar-refractivity contribution in [1.29, 1.82) is 0 Å². The summed E-state index contributed by atoms with van der Waals surface area (Å²) in [6, 6.07) is 17.2. The van der Waals surface area contributed by atoms with Crippen LogP contribution in [0, 0.1) is 0 Å². The van der Waals surface area contributed by atoms with Gasteiger partial charge in [-0.25, -0.2) is 13.8 Å². The number of sulfonamides is 1. The smallest absolute Gasteiger partial charge is 0.264 e. The van der Waals surface area contributed by atoms with Gasteiger partial charge >= 0.3 is 0 Å². The van der Waals surface area contributed by atoms with Crippen molar-refractivity contribution >= 4 is 39.4 Å². The molecule has 1 N–H and O–H groups in total. The molecule has 3 rings (SSSR count). The number of amides is 1. The van der Waals surface area contributed by atoms with Gasteiger partial charge in [0.25, 0.3) is 15.9 Å². The minimum Gasteiger partial charge on any atom is -0.497 e. The molecule has 0 spiro atoms. The summed E-state index contributed by atoms with van der Waals surface area (Å²) in [6.07, 6.45) is 1.38. The van der Waals surface area contributed by atoms with Gasteiger partial charge in [-0.2, -0.15) is 5.10 Å². The Balaban J connectivity index is 1.85. The Morgan fingerprint density at radius 3 is 2.26 bits per heavy atom. The number of benzene rings is 3. The van der Waals surface area contributed by atoms with E-state index < -0.39 is 22.5 Å². The number of methoxy groups -OCH3 is 3. The predicted octanol–water partition coefficient (Wildman–Crippen LogP) is 3.71. The van der Waals surface area contributed by atoms with Crippen molar-refractivity contribution in [3.63, 3.8) is 0 Å². The number of ether oxygens (including phenoxy) is 3. The van der Waals surface area contributed by atoms with Crippen LogP contribution in [0.5, 0.6) is 17.2 Å². The molecule has 1 amide bonds. The largest absolute Gasteiger partial charge is 0.497 e. The summed E-state index contributed by atoms with van der Waals surface area (Å²) in [5.74, 6) is 0.789. The van der Waals surface area contributed by atoms with E-state index in [-0.39, 0.29) is 10.6 Å². The fraction of sp³-hybridized carbons (Fsp3) is 0.167. The van der Waals surface area contributed by atoms with Gasteiger partial charge in [0.2, 0.25) is 0 Å². The van der Waals surface area contributed by atoms with E-state index in [1.165, 1.54) is 63.9 Å². The van der Waals surface area contributed by atoms with Gasteiger partial charge in [0.1, 0.15) is 12.3 Å². The van der Waals surface area contributed by atoms with Gasteiger partial charge in [0.05, 0.1) is 38.1 Å². The lowest BCUT2D eigenvalue weighted by molar-refractivity contribution is -0.119. The molecule has 0 aliphatic rings. The number of halogens is 1. The van der Waals surface area contributed by atoms with Crippen LogP contribution in [0.3, 0.4) is 0 Å². The number of anilines is 1. The van der Waals surface area contributed by atoms with Crippen LogP contribution in [0.2, 0.25) is 5.02 Å². The van der Waals surface area contributed by atoms with Crippen molar-refractivity contribution in [1.82, 2.24) is 5.43 Å². The first-order valence-corrected chi connectivity index (χ1v) is 12.1. The lowest BCUT2D eigenvalue weighted by Crippen LogP contribution is -2.39. The summed E-state index contributed by atoms with van der Waals surface area (Å²) in [7, 11) is 0.380. The normalized spacial score (nSPS) is 11.2. The summed E-state index contributed by atoms with van der Waals surface area (Å²) in [6.45, 7) is -0.525. The highest BCUT2D eigenvalue weighted by Crippen LogP contribution is 2.29. The minimum atomic E-state index is -4.10. The zero-order valence-electron chi connectivity index (χ0n) is 19.3. The summed E-state index contributed by atoms with van der Waals surface area (Å²) in [4.78, 5) is 12.7. The molecule has 0 saturated carbocycles. The Morgan fingerprint density at radius 2 is 1.66 bits per heavy atom. The van der Waals surface area contributed by atoms with E-state index in [1.807, 2.05) is 0 Å². The Labute approximate surface area is 208 Å². The Hall–Kier alpha value is -3.76. The van der Waals surface area contributed by atoms with Crippen molar-refractivity contribution in [3.8, 4) is 17.2 Å². The topological polar surface area (TPSA) is 107 Å².